The van der Waals surface area contributed by atoms with Gasteiger partial charge in [0.05, 0.1) is 29.2 Å². The van der Waals surface area contributed by atoms with Crippen molar-refractivity contribution in [2.24, 2.45) is 0 Å². The lowest BCUT2D eigenvalue weighted by molar-refractivity contribution is -0.137. The third-order valence-corrected chi connectivity index (χ3v) is 8.11. The van der Waals surface area contributed by atoms with Crippen molar-refractivity contribution < 1.29 is 22.7 Å². The Hall–Kier alpha value is -4.63. The zero-order valence-corrected chi connectivity index (χ0v) is 24.2. The van der Waals surface area contributed by atoms with Gasteiger partial charge in [-0.2, -0.15) is 13.2 Å². The number of benzene rings is 4. The molecule has 1 aromatic heterocycles. The van der Waals surface area contributed by atoms with Gasteiger partial charge in [-0.05, 0) is 53.6 Å². The molecule has 5 aromatic rings. The van der Waals surface area contributed by atoms with Gasteiger partial charge in [-0.3, -0.25) is 4.90 Å². The molecule has 0 radical (unpaired) electrons. The molecule has 6 rings (SSSR count). The Morgan fingerprint density at radius 1 is 0.841 bits per heavy atom. The molecule has 44 heavy (non-hydrogen) atoms. The molecule has 1 fully saturated rings. The fourth-order valence-electron chi connectivity index (χ4n) is 5.77. The number of carbonyl (C=O) groups excluding carboxylic acids is 1. The van der Waals surface area contributed by atoms with Crippen LogP contribution >= 0.6 is 0 Å². The van der Waals surface area contributed by atoms with Gasteiger partial charge in [-0.15, -0.1) is 0 Å². The molecular formula is C35H33F3N4O2. The Balaban J connectivity index is 1.24. The van der Waals surface area contributed by atoms with Gasteiger partial charge in [-0.25, -0.2) is 4.98 Å². The number of aldehydes is 1. The molecule has 0 saturated carbocycles. The Morgan fingerprint density at radius 2 is 1.52 bits per heavy atom. The Bertz CT molecular complexity index is 1680. The molecule has 226 valence electrons. The lowest BCUT2D eigenvalue weighted by atomic mass is 10.1. The summed E-state index contributed by atoms with van der Waals surface area (Å²) in [5, 5.41) is 0. The highest BCUT2D eigenvalue weighted by molar-refractivity contribution is 5.81. The maximum Gasteiger partial charge on any atom is 0.416 e. The molecule has 0 spiro atoms. The first-order valence-electron chi connectivity index (χ1n) is 14.7. The molecule has 0 bridgehead atoms. The van der Waals surface area contributed by atoms with Gasteiger partial charge >= 0.3 is 6.18 Å². The van der Waals surface area contributed by atoms with Gasteiger partial charge in [0.1, 0.15) is 17.9 Å². The minimum atomic E-state index is -4.38. The second-order valence-corrected chi connectivity index (χ2v) is 10.9. The summed E-state index contributed by atoms with van der Waals surface area (Å²) in [5.74, 6) is 1.57. The number of piperazine rings is 1. The zero-order valence-electron chi connectivity index (χ0n) is 24.2. The van der Waals surface area contributed by atoms with Crippen LogP contribution in [0.5, 0.6) is 5.75 Å². The van der Waals surface area contributed by atoms with Crippen LogP contribution < -0.4 is 9.64 Å². The molecule has 1 atom stereocenters. The van der Waals surface area contributed by atoms with Crippen molar-refractivity contribution in [3.8, 4) is 5.75 Å². The first-order chi connectivity index (χ1) is 21.4. The van der Waals surface area contributed by atoms with Gasteiger partial charge < -0.3 is 19.0 Å². The highest BCUT2D eigenvalue weighted by atomic mass is 19.4. The van der Waals surface area contributed by atoms with E-state index in [9.17, 15) is 18.0 Å². The first kappa shape index (κ1) is 29.4. The average Bonchev–Trinajstić information content (AvgIpc) is 3.38. The van der Waals surface area contributed by atoms with Gasteiger partial charge in [-0.1, -0.05) is 60.7 Å². The van der Waals surface area contributed by atoms with E-state index in [1.54, 1.807) is 0 Å². The van der Waals surface area contributed by atoms with E-state index < -0.39 is 11.7 Å². The summed E-state index contributed by atoms with van der Waals surface area (Å²) < 4.78 is 47.6. The monoisotopic (exact) mass is 598 g/mol. The van der Waals surface area contributed by atoms with E-state index in [-0.39, 0.29) is 6.04 Å². The summed E-state index contributed by atoms with van der Waals surface area (Å²) >= 11 is 0. The molecule has 0 N–H and O–H groups in total. The summed E-state index contributed by atoms with van der Waals surface area (Å²) in [5.41, 5.74) is 3.85. The quantitative estimate of drug-likeness (QED) is 0.166. The van der Waals surface area contributed by atoms with Crippen molar-refractivity contribution >= 4 is 23.0 Å². The maximum absolute atomic E-state index is 13.2. The number of carbonyl (C=O) groups is 1. The number of rotatable bonds is 10. The van der Waals surface area contributed by atoms with E-state index in [1.807, 2.05) is 66.7 Å². The van der Waals surface area contributed by atoms with Crippen LogP contribution in [-0.4, -0.2) is 53.5 Å². The fourth-order valence-corrected chi connectivity index (χ4v) is 5.77. The standard InChI is InChI=1S/C35H33F3N4O2/c36-35(37,38)28-13-11-26(12-14-28)24-42-32-23-29(15-16-31(32)39-34(42)17-22-44-30-9-5-2-6-10-30)40-18-20-41(21-19-40)33(25-43)27-7-3-1-4-8-27/h1-16,23,25,33H,17-22,24H2. The van der Waals surface area contributed by atoms with E-state index in [2.05, 4.69) is 26.5 Å². The minimum Gasteiger partial charge on any atom is -0.493 e. The van der Waals surface area contributed by atoms with Gasteiger partial charge in [0.2, 0.25) is 0 Å². The number of ether oxygens (including phenoxy) is 1. The number of hydrogen-bond acceptors (Lipinski definition) is 5. The Kier molecular flexibility index (Phi) is 8.65. The summed E-state index contributed by atoms with van der Waals surface area (Å²) in [7, 11) is 0. The number of imidazole rings is 1. The smallest absolute Gasteiger partial charge is 0.416 e. The number of para-hydroxylation sites is 1. The lowest BCUT2D eigenvalue weighted by Gasteiger charge is -2.38. The van der Waals surface area contributed by atoms with E-state index >= 15 is 0 Å². The predicted octanol–water partition coefficient (Wildman–Crippen LogP) is 6.79. The molecular weight excluding hydrogens is 565 g/mol. The molecule has 0 aliphatic carbocycles. The topological polar surface area (TPSA) is 50.6 Å². The number of anilines is 1. The number of aromatic nitrogens is 2. The van der Waals surface area contributed by atoms with Crippen LogP contribution in [0.25, 0.3) is 11.0 Å². The van der Waals surface area contributed by atoms with E-state index in [0.29, 0.717) is 19.6 Å². The molecule has 2 heterocycles. The van der Waals surface area contributed by atoms with Crippen LogP contribution in [0.15, 0.2) is 103 Å². The first-order valence-corrected chi connectivity index (χ1v) is 14.7. The highest BCUT2D eigenvalue weighted by Crippen LogP contribution is 2.30. The third-order valence-electron chi connectivity index (χ3n) is 8.11. The molecule has 1 unspecified atom stereocenters. The van der Waals surface area contributed by atoms with Gasteiger partial charge in [0, 0.05) is 44.8 Å². The second kappa shape index (κ2) is 12.9. The summed E-state index contributed by atoms with van der Waals surface area (Å²) in [6.45, 7) is 3.78. The maximum atomic E-state index is 13.2. The predicted molar refractivity (Wildman–Crippen MR) is 165 cm³/mol. The van der Waals surface area contributed by atoms with Crippen molar-refractivity contribution in [2.75, 3.05) is 37.7 Å². The number of nitrogens with zero attached hydrogens (tertiary/aromatic N) is 4. The van der Waals surface area contributed by atoms with Crippen molar-refractivity contribution in [1.82, 2.24) is 14.5 Å². The van der Waals surface area contributed by atoms with Gasteiger partial charge in [0.15, 0.2) is 0 Å². The highest BCUT2D eigenvalue weighted by Gasteiger charge is 2.30. The third kappa shape index (κ3) is 6.63. The molecule has 1 aliphatic heterocycles. The van der Waals surface area contributed by atoms with Crippen LogP contribution in [0.2, 0.25) is 0 Å². The fraction of sp³-hybridized carbons (Fsp3) is 0.257. The second-order valence-electron chi connectivity index (χ2n) is 10.9. The van der Waals surface area contributed by atoms with Crippen LogP contribution in [0.3, 0.4) is 0 Å². The van der Waals surface area contributed by atoms with Crippen LogP contribution in [0, 0.1) is 0 Å². The minimum absolute atomic E-state index is 0.272. The number of fused-ring (bicyclic) bond motifs is 1. The molecule has 9 heteroatoms. The Morgan fingerprint density at radius 3 is 2.18 bits per heavy atom. The number of hydrogen-bond donors (Lipinski definition) is 0. The molecule has 0 amide bonds. The number of halogens is 3. The van der Waals surface area contributed by atoms with Crippen LogP contribution in [-0.2, 0) is 23.9 Å². The van der Waals surface area contributed by atoms with Crippen LogP contribution in [0.1, 0.15) is 28.6 Å². The largest absolute Gasteiger partial charge is 0.493 e. The van der Waals surface area contributed by atoms with E-state index in [4.69, 9.17) is 9.72 Å². The van der Waals surface area contributed by atoms with Crippen molar-refractivity contribution in [1.29, 1.82) is 0 Å². The molecule has 1 aliphatic rings. The molecule has 4 aromatic carbocycles. The Labute approximate surface area is 254 Å². The van der Waals surface area contributed by atoms with Gasteiger partial charge in [0.25, 0.3) is 0 Å². The van der Waals surface area contributed by atoms with E-state index in [0.717, 1.165) is 84.0 Å². The summed E-state index contributed by atoms with van der Waals surface area (Å²) in [6, 6.07) is 30.6. The van der Waals surface area contributed by atoms with E-state index in [1.165, 1.54) is 12.1 Å². The number of alkyl halides is 3. The van der Waals surface area contributed by atoms with Crippen LogP contribution in [0.4, 0.5) is 18.9 Å². The van der Waals surface area contributed by atoms with Crippen molar-refractivity contribution in [2.45, 2.75) is 25.2 Å². The molecule has 1 saturated heterocycles. The zero-order chi connectivity index (χ0) is 30.5. The molecule has 6 nitrogen and oxygen atoms in total. The summed E-state index contributed by atoms with van der Waals surface area (Å²) in [4.78, 5) is 21.4. The summed E-state index contributed by atoms with van der Waals surface area (Å²) in [6.07, 6.45) is -2.84. The van der Waals surface area contributed by atoms with Crippen molar-refractivity contribution in [3.63, 3.8) is 0 Å². The lowest BCUT2D eigenvalue weighted by Crippen LogP contribution is -2.48. The van der Waals surface area contributed by atoms with Crippen molar-refractivity contribution in [3.05, 3.63) is 126 Å². The normalized spacial score (nSPS) is 14.9. The average molecular weight is 599 g/mol. The SMILES string of the molecule is O=CC(c1ccccc1)N1CCN(c2ccc3nc(CCOc4ccccc4)n(Cc4ccc(C(F)(F)F)cc4)c3c2)CC1.